The van der Waals surface area contributed by atoms with Crippen LogP contribution in [0.25, 0.3) is 0 Å². The summed E-state index contributed by atoms with van der Waals surface area (Å²) in [7, 11) is 0. The number of nitrogens with zero attached hydrogens (tertiary/aromatic N) is 1. The van der Waals surface area contributed by atoms with Crippen LogP contribution in [0.15, 0.2) is 11.1 Å². The van der Waals surface area contributed by atoms with Gasteiger partial charge in [0.05, 0.1) is 0 Å². The summed E-state index contributed by atoms with van der Waals surface area (Å²) in [6, 6.07) is 1.24. The molecule has 0 aliphatic carbocycles. The van der Waals surface area contributed by atoms with Gasteiger partial charge in [-0.2, -0.15) is 0 Å². The lowest BCUT2D eigenvalue weighted by molar-refractivity contribution is 0.225. The van der Waals surface area contributed by atoms with Crippen LogP contribution in [0.2, 0.25) is 0 Å². The Bertz CT molecular complexity index is 203. The molecule has 1 heterocycles. The van der Waals surface area contributed by atoms with Gasteiger partial charge < -0.3 is 5.32 Å². The maximum absolute atomic E-state index is 5.69. The zero-order chi connectivity index (χ0) is 10.6. The molecule has 1 saturated heterocycles. The fourth-order valence-corrected chi connectivity index (χ4v) is 1.96. The summed E-state index contributed by atoms with van der Waals surface area (Å²) in [5.74, 6) is 0. The molecule has 14 heavy (non-hydrogen) atoms. The Morgan fingerprint density at radius 1 is 1.57 bits per heavy atom. The van der Waals surface area contributed by atoms with Crippen LogP contribution in [0.5, 0.6) is 0 Å². The Kier molecular flexibility index (Phi) is 4.93. The van der Waals surface area contributed by atoms with E-state index >= 15 is 0 Å². The van der Waals surface area contributed by atoms with E-state index in [9.17, 15) is 0 Å². The topological polar surface area (TPSA) is 15.3 Å². The second kappa shape index (κ2) is 5.74. The number of halogens is 1. The zero-order valence-electron chi connectivity index (χ0n) is 9.39. The van der Waals surface area contributed by atoms with Crippen LogP contribution < -0.4 is 5.32 Å². The molecule has 0 spiro atoms. The van der Waals surface area contributed by atoms with Gasteiger partial charge in [-0.1, -0.05) is 11.6 Å². The molecule has 2 atom stereocenters. The summed E-state index contributed by atoms with van der Waals surface area (Å²) in [5, 5.41) is 3.50. The summed E-state index contributed by atoms with van der Waals surface area (Å²) < 4.78 is 0. The van der Waals surface area contributed by atoms with Gasteiger partial charge in [0.25, 0.3) is 0 Å². The van der Waals surface area contributed by atoms with E-state index in [1.165, 1.54) is 12.0 Å². The highest BCUT2D eigenvalue weighted by Crippen LogP contribution is 2.11. The third-order valence-corrected chi connectivity index (χ3v) is 3.20. The van der Waals surface area contributed by atoms with Gasteiger partial charge in [-0.15, -0.1) is 0 Å². The van der Waals surface area contributed by atoms with Crippen LogP contribution in [0, 0.1) is 0 Å². The van der Waals surface area contributed by atoms with Crippen molar-refractivity contribution < 1.29 is 0 Å². The second-order valence-electron chi connectivity index (χ2n) is 4.38. The average Bonchev–Trinajstić information content (AvgIpc) is 2.29. The molecule has 1 aliphatic rings. The molecule has 0 aromatic carbocycles. The molecule has 1 rings (SSSR count). The maximum Gasteiger partial charge on any atom is 0.0205 e. The largest absolute Gasteiger partial charge is 0.313 e. The Morgan fingerprint density at radius 2 is 2.29 bits per heavy atom. The molecule has 1 N–H and O–H groups in total. The molecular weight excluding hydrogens is 196 g/mol. The SMILES string of the molecule is CC(=CCl)CN1CC(C)NCCC1C. The van der Waals surface area contributed by atoms with Crippen LogP contribution in [0.1, 0.15) is 27.2 Å². The predicted molar refractivity (Wildman–Crippen MR) is 62.7 cm³/mol. The van der Waals surface area contributed by atoms with Crippen LogP contribution in [-0.4, -0.2) is 36.6 Å². The van der Waals surface area contributed by atoms with Gasteiger partial charge in [0.2, 0.25) is 0 Å². The van der Waals surface area contributed by atoms with Crippen molar-refractivity contribution in [2.75, 3.05) is 19.6 Å². The minimum absolute atomic E-state index is 0.586. The molecule has 1 fully saturated rings. The van der Waals surface area contributed by atoms with Gasteiger partial charge >= 0.3 is 0 Å². The summed E-state index contributed by atoms with van der Waals surface area (Å²) in [5.41, 5.74) is 2.93. The highest BCUT2D eigenvalue weighted by atomic mass is 35.5. The lowest BCUT2D eigenvalue weighted by Crippen LogP contribution is -2.39. The van der Waals surface area contributed by atoms with Gasteiger partial charge in [-0.05, 0) is 39.3 Å². The van der Waals surface area contributed by atoms with Crippen molar-refractivity contribution in [3.8, 4) is 0 Å². The van der Waals surface area contributed by atoms with E-state index < -0.39 is 0 Å². The second-order valence-corrected chi connectivity index (χ2v) is 4.60. The smallest absolute Gasteiger partial charge is 0.0205 e. The van der Waals surface area contributed by atoms with Crippen molar-refractivity contribution in [3.05, 3.63) is 11.1 Å². The zero-order valence-corrected chi connectivity index (χ0v) is 10.1. The number of hydrogen-bond acceptors (Lipinski definition) is 2. The number of nitrogens with one attached hydrogen (secondary N) is 1. The minimum Gasteiger partial charge on any atom is -0.313 e. The molecule has 2 unspecified atom stereocenters. The molecule has 0 saturated carbocycles. The summed E-state index contributed by atoms with van der Waals surface area (Å²) in [6.07, 6.45) is 1.22. The standard InChI is InChI=1S/C11H21ClN2/c1-9(6-12)7-14-8-10(2)13-5-4-11(14)3/h6,10-11,13H,4-5,7-8H2,1-3H3. The fraction of sp³-hybridized carbons (Fsp3) is 0.818. The van der Waals surface area contributed by atoms with Crippen LogP contribution in [0.3, 0.4) is 0 Å². The lowest BCUT2D eigenvalue weighted by Gasteiger charge is -2.28. The van der Waals surface area contributed by atoms with Crippen LogP contribution in [-0.2, 0) is 0 Å². The molecular formula is C11H21ClN2. The Labute approximate surface area is 92.3 Å². The Hall–Kier alpha value is -0.0500. The minimum atomic E-state index is 0.586. The van der Waals surface area contributed by atoms with E-state index in [-0.39, 0.29) is 0 Å². The Balaban J connectivity index is 2.54. The van der Waals surface area contributed by atoms with Crippen molar-refractivity contribution >= 4 is 11.6 Å². The molecule has 3 heteroatoms. The first-order chi connectivity index (χ1) is 6.63. The quantitative estimate of drug-likeness (QED) is 0.762. The number of hydrogen-bond donors (Lipinski definition) is 1. The van der Waals surface area contributed by atoms with Crippen molar-refractivity contribution in [3.63, 3.8) is 0 Å². The van der Waals surface area contributed by atoms with E-state index in [4.69, 9.17) is 11.6 Å². The summed E-state index contributed by atoms with van der Waals surface area (Å²) >= 11 is 5.69. The molecule has 0 radical (unpaired) electrons. The molecule has 0 amide bonds. The number of rotatable bonds is 2. The highest BCUT2D eigenvalue weighted by Gasteiger charge is 2.19. The molecule has 2 nitrogen and oxygen atoms in total. The van der Waals surface area contributed by atoms with E-state index in [0.717, 1.165) is 19.6 Å². The van der Waals surface area contributed by atoms with Crippen LogP contribution in [0.4, 0.5) is 0 Å². The Morgan fingerprint density at radius 3 is 2.93 bits per heavy atom. The van der Waals surface area contributed by atoms with Crippen molar-refractivity contribution in [1.29, 1.82) is 0 Å². The van der Waals surface area contributed by atoms with Crippen molar-refractivity contribution in [1.82, 2.24) is 10.2 Å². The third-order valence-electron chi connectivity index (χ3n) is 2.83. The summed E-state index contributed by atoms with van der Waals surface area (Å²) in [4.78, 5) is 2.50. The monoisotopic (exact) mass is 216 g/mol. The molecule has 0 aromatic heterocycles. The third kappa shape index (κ3) is 3.60. The van der Waals surface area contributed by atoms with E-state index in [1.807, 2.05) is 0 Å². The predicted octanol–water partition coefficient (Wildman–Crippen LogP) is 2.20. The highest BCUT2D eigenvalue weighted by molar-refractivity contribution is 6.25. The first-order valence-corrected chi connectivity index (χ1v) is 5.80. The van der Waals surface area contributed by atoms with Crippen LogP contribution >= 0.6 is 11.6 Å². The maximum atomic E-state index is 5.69. The van der Waals surface area contributed by atoms with E-state index in [1.54, 1.807) is 5.54 Å². The lowest BCUT2D eigenvalue weighted by atomic mass is 10.2. The first kappa shape index (κ1) is 12.0. The van der Waals surface area contributed by atoms with Crippen molar-refractivity contribution in [2.45, 2.75) is 39.3 Å². The van der Waals surface area contributed by atoms with Gasteiger partial charge in [-0.25, -0.2) is 0 Å². The van der Waals surface area contributed by atoms with Gasteiger partial charge in [0, 0.05) is 30.7 Å². The van der Waals surface area contributed by atoms with Crippen molar-refractivity contribution in [2.24, 2.45) is 0 Å². The first-order valence-electron chi connectivity index (χ1n) is 5.36. The molecule has 82 valence electrons. The molecule has 0 bridgehead atoms. The van der Waals surface area contributed by atoms with E-state index in [0.29, 0.717) is 12.1 Å². The van der Waals surface area contributed by atoms with Gasteiger partial charge in [-0.3, -0.25) is 4.90 Å². The summed E-state index contributed by atoms with van der Waals surface area (Å²) in [6.45, 7) is 9.86. The van der Waals surface area contributed by atoms with E-state index in [2.05, 4.69) is 31.0 Å². The molecule has 0 aromatic rings. The van der Waals surface area contributed by atoms with Gasteiger partial charge in [0.1, 0.15) is 0 Å². The normalized spacial score (nSPS) is 31.6. The average molecular weight is 217 g/mol. The molecule has 1 aliphatic heterocycles. The van der Waals surface area contributed by atoms with Gasteiger partial charge in [0.15, 0.2) is 0 Å². The fourth-order valence-electron chi connectivity index (χ4n) is 1.89.